The number of hydrazone groups is 1. The molecule has 1 saturated heterocycles. The molecule has 0 amide bonds. The highest BCUT2D eigenvalue weighted by Gasteiger charge is 2.18. The average Bonchev–Trinajstić information content (AvgIpc) is 3.04. The summed E-state index contributed by atoms with van der Waals surface area (Å²) in [7, 11) is 0. The fraction of sp³-hybridized carbons (Fsp3) is 0.467. The quantitative estimate of drug-likeness (QED) is 0.655. The molecule has 0 bridgehead atoms. The number of ether oxygens (including phenoxy) is 1. The molecule has 22 heavy (non-hydrogen) atoms. The minimum absolute atomic E-state index is 0.230. The Morgan fingerprint density at radius 2 is 2.41 bits per heavy atom. The SMILES string of the molecule is Fc1ccc2c(c1)C(=NNC(=S)NCC1CCCO1)CCS2. The Morgan fingerprint density at radius 3 is 3.23 bits per heavy atom. The van der Waals surface area contributed by atoms with Crippen molar-refractivity contribution >= 4 is 34.8 Å². The van der Waals surface area contributed by atoms with Crippen molar-refractivity contribution in [2.75, 3.05) is 18.9 Å². The number of rotatable bonds is 3. The van der Waals surface area contributed by atoms with E-state index in [4.69, 9.17) is 17.0 Å². The van der Waals surface area contributed by atoms with Crippen LogP contribution in [0.1, 0.15) is 24.8 Å². The highest BCUT2D eigenvalue weighted by atomic mass is 32.2. The Labute approximate surface area is 138 Å². The third-order valence-electron chi connectivity index (χ3n) is 3.66. The van der Waals surface area contributed by atoms with E-state index in [9.17, 15) is 4.39 Å². The molecule has 0 saturated carbocycles. The van der Waals surface area contributed by atoms with Gasteiger partial charge in [0.1, 0.15) is 5.82 Å². The average molecular weight is 339 g/mol. The summed E-state index contributed by atoms with van der Waals surface area (Å²) in [6, 6.07) is 4.82. The lowest BCUT2D eigenvalue weighted by molar-refractivity contribution is 0.114. The van der Waals surface area contributed by atoms with Gasteiger partial charge in [-0.25, -0.2) is 4.39 Å². The van der Waals surface area contributed by atoms with Crippen LogP contribution >= 0.6 is 24.0 Å². The fourth-order valence-corrected chi connectivity index (χ4v) is 3.67. The number of hydrogen-bond donors (Lipinski definition) is 2. The summed E-state index contributed by atoms with van der Waals surface area (Å²) >= 11 is 6.94. The van der Waals surface area contributed by atoms with Crippen LogP contribution in [0.25, 0.3) is 0 Å². The van der Waals surface area contributed by atoms with Gasteiger partial charge < -0.3 is 10.1 Å². The lowest BCUT2D eigenvalue weighted by atomic mass is 10.1. The molecular formula is C15H18FN3OS2. The van der Waals surface area contributed by atoms with Crippen molar-refractivity contribution in [3.8, 4) is 0 Å². The van der Waals surface area contributed by atoms with Gasteiger partial charge in [-0.1, -0.05) is 0 Å². The Kier molecular flexibility index (Phi) is 5.28. The number of nitrogens with one attached hydrogen (secondary N) is 2. The van der Waals surface area contributed by atoms with E-state index in [-0.39, 0.29) is 11.9 Å². The van der Waals surface area contributed by atoms with E-state index in [1.54, 1.807) is 17.8 Å². The number of halogens is 1. The summed E-state index contributed by atoms with van der Waals surface area (Å²) in [6.45, 7) is 1.52. The van der Waals surface area contributed by atoms with E-state index in [0.29, 0.717) is 11.7 Å². The van der Waals surface area contributed by atoms with Crippen molar-refractivity contribution in [2.24, 2.45) is 5.10 Å². The van der Waals surface area contributed by atoms with E-state index in [1.165, 1.54) is 12.1 Å². The summed E-state index contributed by atoms with van der Waals surface area (Å²) in [5.41, 5.74) is 4.55. The number of fused-ring (bicyclic) bond motifs is 1. The molecule has 2 heterocycles. The first-order chi connectivity index (χ1) is 10.7. The third-order valence-corrected chi connectivity index (χ3v) is 4.97. The third kappa shape index (κ3) is 3.97. The molecule has 1 atom stereocenters. The lowest BCUT2D eigenvalue weighted by Gasteiger charge is -2.18. The van der Waals surface area contributed by atoms with Gasteiger partial charge in [0.25, 0.3) is 0 Å². The summed E-state index contributed by atoms with van der Waals surface area (Å²) in [5.74, 6) is 0.697. The molecule has 1 fully saturated rings. The topological polar surface area (TPSA) is 45.7 Å². The van der Waals surface area contributed by atoms with E-state index >= 15 is 0 Å². The van der Waals surface area contributed by atoms with Crippen LogP contribution in [-0.2, 0) is 4.74 Å². The minimum Gasteiger partial charge on any atom is -0.376 e. The molecule has 118 valence electrons. The van der Waals surface area contributed by atoms with Gasteiger partial charge in [-0.15, -0.1) is 11.8 Å². The van der Waals surface area contributed by atoms with Crippen molar-refractivity contribution in [3.05, 3.63) is 29.6 Å². The van der Waals surface area contributed by atoms with Crippen molar-refractivity contribution in [1.82, 2.24) is 10.7 Å². The Bertz CT molecular complexity index is 588. The van der Waals surface area contributed by atoms with Crippen LogP contribution in [-0.4, -0.2) is 35.8 Å². The molecule has 2 N–H and O–H groups in total. The minimum atomic E-state index is -0.243. The van der Waals surface area contributed by atoms with E-state index in [2.05, 4.69) is 15.8 Å². The molecule has 1 unspecified atom stereocenters. The molecule has 0 aromatic heterocycles. The van der Waals surface area contributed by atoms with Gasteiger partial charge in [-0.2, -0.15) is 5.10 Å². The van der Waals surface area contributed by atoms with Crippen molar-refractivity contribution in [1.29, 1.82) is 0 Å². The van der Waals surface area contributed by atoms with E-state index in [1.807, 2.05) is 0 Å². The van der Waals surface area contributed by atoms with Crippen molar-refractivity contribution < 1.29 is 9.13 Å². The molecule has 4 nitrogen and oxygen atoms in total. The Hall–Kier alpha value is -1.18. The summed E-state index contributed by atoms with van der Waals surface area (Å²) in [4.78, 5) is 1.06. The summed E-state index contributed by atoms with van der Waals surface area (Å²) < 4.78 is 19.0. The van der Waals surface area contributed by atoms with Crippen molar-refractivity contribution in [2.45, 2.75) is 30.3 Å². The molecule has 7 heteroatoms. The van der Waals surface area contributed by atoms with Crippen LogP contribution in [0.4, 0.5) is 4.39 Å². The van der Waals surface area contributed by atoms with Crippen LogP contribution in [0.3, 0.4) is 0 Å². The van der Waals surface area contributed by atoms with Gasteiger partial charge in [0.2, 0.25) is 0 Å². The zero-order valence-electron chi connectivity index (χ0n) is 12.1. The molecule has 1 aromatic rings. The Balaban J connectivity index is 1.58. The number of thioether (sulfide) groups is 1. The molecule has 2 aliphatic rings. The van der Waals surface area contributed by atoms with Gasteiger partial charge in [0.05, 0.1) is 11.8 Å². The van der Waals surface area contributed by atoms with Crippen LogP contribution < -0.4 is 10.7 Å². The number of benzene rings is 1. The highest BCUT2D eigenvalue weighted by Crippen LogP contribution is 2.30. The fourth-order valence-electron chi connectivity index (χ4n) is 2.53. The standard InChI is InChI=1S/C15H18FN3OS2/c16-10-3-4-14-12(8-10)13(5-7-22-14)18-19-15(21)17-9-11-2-1-6-20-11/h3-4,8,11H,1-2,5-7,9H2,(H2,17,19,21). The monoisotopic (exact) mass is 339 g/mol. The van der Waals surface area contributed by atoms with Crippen LogP contribution in [0.2, 0.25) is 0 Å². The Morgan fingerprint density at radius 1 is 1.50 bits per heavy atom. The first-order valence-electron chi connectivity index (χ1n) is 7.37. The van der Waals surface area contributed by atoms with E-state index in [0.717, 1.165) is 47.8 Å². The molecule has 2 aliphatic heterocycles. The van der Waals surface area contributed by atoms with Gasteiger partial charge in [0.15, 0.2) is 5.11 Å². The second-order valence-corrected chi connectivity index (χ2v) is 6.80. The number of nitrogens with zero attached hydrogens (tertiary/aromatic N) is 1. The second-order valence-electron chi connectivity index (χ2n) is 5.25. The predicted octanol–water partition coefficient (Wildman–Crippen LogP) is 2.67. The first kappa shape index (κ1) is 15.7. The summed E-state index contributed by atoms with van der Waals surface area (Å²) in [6.07, 6.45) is 3.19. The molecule has 3 rings (SSSR count). The molecular weight excluding hydrogens is 321 g/mol. The van der Waals surface area contributed by atoms with Gasteiger partial charge in [-0.3, -0.25) is 5.43 Å². The van der Waals surface area contributed by atoms with Gasteiger partial charge in [0, 0.05) is 35.8 Å². The number of hydrogen-bond acceptors (Lipinski definition) is 4. The highest BCUT2D eigenvalue weighted by molar-refractivity contribution is 7.99. The number of thiocarbonyl (C=S) groups is 1. The van der Waals surface area contributed by atoms with Gasteiger partial charge >= 0.3 is 0 Å². The van der Waals surface area contributed by atoms with Crippen LogP contribution in [0.15, 0.2) is 28.2 Å². The predicted molar refractivity (Wildman–Crippen MR) is 91.0 cm³/mol. The summed E-state index contributed by atoms with van der Waals surface area (Å²) in [5, 5.41) is 7.93. The maximum atomic E-state index is 13.4. The normalized spacial score (nSPS) is 22.4. The first-order valence-corrected chi connectivity index (χ1v) is 8.76. The lowest BCUT2D eigenvalue weighted by Crippen LogP contribution is -2.37. The van der Waals surface area contributed by atoms with Crippen molar-refractivity contribution in [3.63, 3.8) is 0 Å². The van der Waals surface area contributed by atoms with Crippen LogP contribution in [0.5, 0.6) is 0 Å². The molecule has 1 aromatic carbocycles. The largest absolute Gasteiger partial charge is 0.376 e. The zero-order valence-corrected chi connectivity index (χ0v) is 13.7. The molecule has 0 radical (unpaired) electrons. The second kappa shape index (κ2) is 7.39. The van der Waals surface area contributed by atoms with Crippen LogP contribution in [0, 0.1) is 5.82 Å². The van der Waals surface area contributed by atoms with Gasteiger partial charge in [-0.05, 0) is 43.3 Å². The maximum Gasteiger partial charge on any atom is 0.187 e. The maximum absolute atomic E-state index is 13.4. The molecule has 0 spiro atoms. The zero-order chi connectivity index (χ0) is 15.4. The molecule has 0 aliphatic carbocycles. The van der Waals surface area contributed by atoms with E-state index < -0.39 is 0 Å². The smallest absolute Gasteiger partial charge is 0.187 e.